The molecule has 2 rings (SSSR count). The minimum Gasteiger partial charge on any atom is -0.388 e. The molecule has 0 heterocycles. The average Bonchev–Trinajstić information content (AvgIpc) is 2.70. The van der Waals surface area contributed by atoms with Crippen molar-refractivity contribution in [3.63, 3.8) is 0 Å². The van der Waals surface area contributed by atoms with Gasteiger partial charge < -0.3 is 10.2 Å². The van der Waals surface area contributed by atoms with Crippen molar-refractivity contribution in [3.05, 3.63) is 16.9 Å². The molecule has 2 aliphatic rings. The molecule has 0 aromatic rings. The number of rotatable bonds is 1. The zero-order valence-corrected chi connectivity index (χ0v) is 10.1. The van der Waals surface area contributed by atoms with Gasteiger partial charge in [0.1, 0.15) is 0 Å². The molecule has 0 bridgehead atoms. The molecular weight excluding hydrogens is 200 g/mol. The number of aliphatic hydroxyl groups excluding tert-OH is 1. The van der Waals surface area contributed by atoms with E-state index in [1.165, 1.54) is 0 Å². The smallest absolute Gasteiger partial charge is 0.0927 e. The van der Waals surface area contributed by atoms with Crippen molar-refractivity contribution in [3.8, 4) is 0 Å². The Morgan fingerprint density at radius 2 is 1.94 bits per heavy atom. The fraction of sp³-hybridized carbons (Fsp3) is 0.786. The lowest BCUT2D eigenvalue weighted by atomic mass is 9.89. The Hall–Kier alpha value is -0.560. The summed E-state index contributed by atoms with van der Waals surface area (Å²) >= 11 is 0. The summed E-state index contributed by atoms with van der Waals surface area (Å²) in [5.41, 5.74) is 4.58. The van der Waals surface area contributed by atoms with Crippen LogP contribution in [0.3, 0.4) is 0 Å². The van der Waals surface area contributed by atoms with E-state index in [1.807, 2.05) is 6.92 Å². The molecule has 2 N–H and O–H groups in total. The first-order chi connectivity index (χ1) is 7.62. The van der Waals surface area contributed by atoms with E-state index >= 15 is 0 Å². The Labute approximate surface area is 97.7 Å². The topological polar surface area (TPSA) is 40.5 Å². The summed E-state index contributed by atoms with van der Waals surface area (Å²) in [6.45, 7) is 1.96. The maximum absolute atomic E-state index is 10.4. The molecule has 2 fully saturated rings. The highest BCUT2D eigenvalue weighted by atomic mass is 16.3. The molecule has 2 aliphatic carbocycles. The van der Waals surface area contributed by atoms with Crippen molar-refractivity contribution < 1.29 is 10.2 Å². The molecule has 0 aromatic carbocycles. The van der Waals surface area contributed by atoms with Gasteiger partial charge in [-0.05, 0) is 39.0 Å². The highest BCUT2D eigenvalue weighted by Gasteiger charge is 2.33. The van der Waals surface area contributed by atoms with Gasteiger partial charge >= 0.3 is 0 Å². The summed E-state index contributed by atoms with van der Waals surface area (Å²) in [4.78, 5) is 0. The van der Waals surface area contributed by atoms with E-state index < -0.39 is 5.60 Å². The molecule has 0 amide bonds. The molecular formula is C14H22O2. The summed E-state index contributed by atoms with van der Waals surface area (Å²) in [5, 5.41) is 20.2. The first kappa shape index (κ1) is 11.9. The highest BCUT2D eigenvalue weighted by Crippen LogP contribution is 2.35. The van der Waals surface area contributed by atoms with Crippen molar-refractivity contribution in [1.82, 2.24) is 0 Å². The van der Waals surface area contributed by atoms with Gasteiger partial charge in [-0.3, -0.25) is 0 Å². The third kappa shape index (κ3) is 2.40. The lowest BCUT2D eigenvalue weighted by Crippen LogP contribution is -2.25. The van der Waals surface area contributed by atoms with Crippen LogP contribution in [0.1, 0.15) is 58.3 Å². The fourth-order valence-electron chi connectivity index (χ4n) is 2.83. The SMILES string of the molecule is CC(=C=C1CCCCC1O)C1(O)CCCC1. The summed E-state index contributed by atoms with van der Waals surface area (Å²) in [7, 11) is 0. The standard InChI is InChI=1S/C14H22O2/c1-11(14(16)8-4-5-9-14)10-12-6-2-3-7-13(12)15/h13,15-16H,2-9H2,1H3. The molecule has 16 heavy (non-hydrogen) atoms. The quantitative estimate of drug-likeness (QED) is 0.670. The second-order valence-corrected chi connectivity index (χ2v) is 5.28. The summed E-state index contributed by atoms with van der Waals surface area (Å²) in [5.74, 6) is 0. The minimum absolute atomic E-state index is 0.325. The molecule has 90 valence electrons. The summed E-state index contributed by atoms with van der Waals surface area (Å²) in [6.07, 6.45) is 7.64. The van der Waals surface area contributed by atoms with Crippen molar-refractivity contribution in [1.29, 1.82) is 0 Å². The van der Waals surface area contributed by atoms with Gasteiger partial charge in [0.05, 0.1) is 11.7 Å². The first-order valence-corrected chi connectivity index (χ1v) is 6.49. The fourth-order valence-corrected chi connectivity index (χ4v) is 2.83. The molecule has 2 nitrogen and oxygen atoms in total. The monoisotopic (exact) mass is 222 g/mol. The number of hydrogen-bond donors (Lipinski definition) is 2. The van der Waals surface area contributed by atoms with E-state index in [1.54, 1.807) is 0 Å². The maximum Gasteiger partial charge on any atom is 0.0927 e. The van der Waals surface area contributed by atoms with Crippen molar-refractivity contribution >= 4 is 0 Å². The van der Waals surface area contributed by atoms with Crippen LogP contribution in [-0.4, -0.2) is 21.9 Å². The Morgan fingerprint density at radius 1 is 1.25 bits per heavy atom. The van der Waals surface area contributed by atoms with Crippen LogP contribution in [-0.2, 0) is 0 Å². The molecule has 0 spiro atoms. The molecule has 0 saturated heterocycles. The minimum atomic E-state index is -0.635. The Morgan fingerprint density at radius 3 is 2.56 bits per heavy atom. The van der Waals surface area contributed by atoms with Gasteiger partial charge in [0, 0.05) is 11.1 Å². The van der Waals surface area contributed by atoms with Crippen molar-refractivity contribution in [2.45, 2.75) is 70.0 Å². The summed E-state index contributed by atoms with van der Waals surface area (Å²) < 4.78 is 0. The largest absolute Gasteiger partial charge is 0.388 e. The predicted octanol–water partition coefficient (Wildman–Crippen LogP) is 2.70. The molecule has 0 radical (unpaired) electrons. The van der Waals surface area contributed by atoms with Crippen LogP contribution in [0.5, 0.6) is 0 Å². The van der Waals surface area contributed by atoms with Crippen LogP contribution in [0.25, 0.3) is 0 Å². The van der Waals surface area contributed by atoms with Crippen molar-refractivity contribution in [2.75, 3.05) is 0 Å². The normalized spacial score (nSPS) is 28.9. The predicted molar refractivity (Wildman–Crippen MR) is 64.1 cm³/mol. The zero-order valence-electron chi connectivity index (χ0n) is 10.1. The van der Waals surface area contributed by atoms with Gasteiger partial charge in [-0.15, -0.1) is 5.73 Å². The molecule has 0 aliphatic heterocycles. The van der Waals surface area contributed by atoms with Crippen LogP contribution in [0.15, 0.2) is 16.9 Å². The Kier molecular flexibility index (Phi) is 3.53. The lowest BCUT2D eigenvalue weighted by Gasteiger charge is -2.23. The third-order valence-corrected chi connectivity index (χ3v) is 4.05. The van der Waals surface area contributed by atoms with Crippen LogP contribution in [0.4, 0.5) is 0 Å². The molecule has 0 aromatic heterocycles. The van der Waals surface area contributed by atoms with E-state index in [0.29, 0.717) is 0 Å². The third-order valence-electron chi connectivity index (χ3n) is 4.05. The molecule has 2 heteroatoms. The maximum atomic E-state index is 10.4. The van der Waals surface area contributed by atoms with E-state index in [2.05, 4.69) is 5.73 Å². The van der Waals surface area contributed by atoms with Gasteiger partial charge in [-0.25, -0.2) is 0 Å². The van der Waals surface area contributed by atoms with Crippen LogP contribution < -0.4 is 0 Å². The van der Waals surface area contributed by atoms with Gasteiger partial charge in [0.2, 0.25) is 0 Å². The Bertz CT molecular complexity index is 318. The molecule has 1 unspecified atom stereocenters. The second kappa shape index (κ2) is 4.75. The van der Waals surface area contributed by atoms with Gasteiger partial charge in [0.25, 0.3) is 0 Å². The van der Waals surface area contributed by atoms with E-state index in [4.69, 9.17) is 0 Å². The lowest BCUT2D eigenvalue weighted by molar-refractivity contribution is 0.0863. The van der Waals surface area contributed by atoms with Crippen molar-refractivity contribution in [2.24, 2.45) is 0 Å². The van der Waals surface area contributed by atoms with Crippen LogP contribution in [0, 0.1) is 0 Å². The molecule has 1 atom stereocenters. The Balaban J connectivity index is 2.23. The summed E-state index contributed by atoms with van der Waals surface area (Å²) in [6, 6.07) is 0. The first-order valence-electron chi connectivity index (χ1n) is 6.49. The number of aliphatic hydroxyl groups is 2. The molecule has 2 saturated carbocycles. The van der Waals surface area contributed by atoms with E-state index in [0.717, 1.165) is 62.5 Å². The van der Waals surface area contributed by atoms with Crippen LogP contribution >= 0.6 is 0 Å². The van der Waals surface area contributed by atoms with Gasteiger partial charge in [0.15, 0.2) is 0 Å². The van der Waals surface area contributed by atoms with Crippen LogP contribution in [0.2, 0.25) is 0 Å². The second-order valence-electron chi connectivity index (χ2n) is 5.28. The zero-order chi connectivity index (χ0) is 11.6. The average molecular weight is 222 g/mol. The van der Waals surface area contributed by atoms with E-state index in [-0.39, 0.29) is 6.10 Å². The number of hydrogen-bond acceptors (Lipinski definition) is 2. The van der Waals surface area contributed by atoms with Gasteiger partial charge in [-0.1, -0.05) is 19.3 Å². The van der Waals surface area contributed by atoms with Gasteiger partial charge in [-0.2, -0.15) is 0 Å². The van der Waals surface area contributed by atoms with E-state index in [9.17, 15) is 10.2 Å². The highest BCUT2D eigenvalue weighted by molar-refractivity contribution is 5.21.